The highest BCUT2D eigenvalue weighted by atomic mass is 16.1. The van der Waals surface area contributed by atoms with Gasteiger partial charge in [0.2, 0.25) is 0 Å². The molecular weight excluding hydrogens is 116 g/mol. The van der Waals surface area contributed by atoms with Gasteiger partial charge in [0.25, 0.3) is 0 Å². The van der Waals surface area contributed by atoms with Crippen LogP contribution in [-0.4, -0.2) is 12.1 Å². The monoisotopic (exact) mass is 124 g/mol. The summed E-state index contributed by atoms with van der Waals surface area (Å²) in [5.41, 5.74) is 0. The molecule has 0 radical (unpaired) electrons. The summed E-state index contributed by atoms with van der Waals surface area (Å²) in [6.45, 7) is 1.45. The molecule has 0 unspecified atom stereocenters. The highest BCUT2D eigenvalue weighted by molar-refractivity contribution is 5.87. The van der Waals surface area contributed by atoms with E-state index in [2.05, 4.69) is 0 Å². The summed E-state index contributed by atoms with van der Waals surface area (Å²) in [7, 11) is 0. The lowest BCUT2D eigenvalue weighted by Gasteiger charge is -1.71. The number of ketones is 1. The van der Waals surface area contributed by atoms with E-state index in [1.54, 1.807) is 0 Å². The molecule has 9 heavy (non-hydrogen) atoms. The molecule has 0 heterocycles. The van der Waals surface area contributed by atoms with E-state index in [0.717, 1.165) is 0 Å². The van der Waals surface area contributed by atoms with Crippen molar-refractivity contribution < 1.29 is 9.59 Å². The van der Waals surface area contributed by atoms with Crippen molar-refractivity contribution >= 4 is 12.1 Å². The quantitative estimate of drug-likeness (QED) is 0.318. The number of allylic oxidation sites excluding steroid dienone is 4. The lowest BCUT2D eigenvalue weighted by molar-refractivity contribution is -0.112. The third-order valence-electron chi connectivity index (χ3n) is 0.632. The van der Waals surface area contributed by atoms with Crippen LogP contribution in [0, 0.1) is 0 Å². The average molecular weight is 124 g/mol. The minimum Gasteiger partial charge on any atom is -0.299 e. The Balaban J connectivity index is 3.59. The van der Waals surface area contributed by atoms with Crippen molar-refractivity contribution in [3.8, 4) is 0 Å². The predicted octanol–water partition coefficient (Wildman–Crippen LogP) is 0.887. The molecule has 0 bridgehead atoms. The second-order valence-corrected chi connectivity index (χ2v) is 1.49. The number of carbonyl (C=O) groups excluding carboxylic acids is 2. The average Bonchev–Trinajstić information content (AvgIpc) is 1.80. The van der Waals surface area contributed by atoms with Crippen LogP contribution in [0.25, 0.3) is 0 Å². The Morgan fingerprint density at radius 3 is 2.33 bits per heavy atom. The number of aldehydes is 1. The largest absolute Gasteiger partial charge is 0.299 e. The van der Waals surface area contributed by atoms with Crippen molar-refractivity contribution in [3.05, 3.63) is 24.3 Å². The molecule has 0 atom stereocenters. The maximum atomic E-state index is 10.2. The Bertz CT molecular complexity index is 154. The topological polar surface area (TPSA) is 34.1 Å². The van der Waals surface area contributed by atoms with Crippen molar-refractivity contribution in [2.45, 2.75) is 6.92 Å². The summed E-state index contributed by atoms with van der Waals surface area (Å²) < 4.78 is 0. The summed E-state index contributed by atoms with van der Waals surface area (Å²) in [6, 6.07) is 0. The van der Waals surface area contributed by atoms with E-state index in [4.69, 9.17) is 0 Å². The Morgan fingerprint density at radius 2 is 1.89 bits per heavy atom. The van der Waals surface area contributed by atoms with Gasteiger partial charge < -0.3 is 0 Å². The molecule has 0 aliphatic heterocycles. The molecule has 0 amide bonds. The van der Waals surface area contributed by atoms with Crippen LogP contribution in [-0.2, 0) is 9.59 Å². The van der Waals surface area contributed by atoms with Crippen molar-refractivity contribution in [2.75, 3.05) is 0 Å². The molecule has 0 saturated carbocycles. The molecule has 0 saturated heterocycles. The first-order chi connectivity index (χ1) is 4.27. The van der Waals surface area contributed by atoms with Crippen LogP contribution >= 0.6 is 0 Å². The number of hydrogen-bond donors (Lipinski definition) is 0. The van der Waals surface area contributed by atoms with Crippen molar-refractivity contribution in [3.63, 3.8) is 0 Å². The van der Waals surface area contributed by atoms with Crippen LogP contribution in [0.2, 0.25) is 0 Å². The molecule has 0 aromatic rings. The molecule has 0 aliphatic carbocycles. The molecule has 48 valence electrons. The summed E-state index contributed by atoms with van der Waals surface area (Å²) >= 11 is 0. The third-order valence-corrected chi connectivity index (χ3v) is 0.632. The van der Waals surface area contributed by atoms with Gasteiger partial charge in [0.05, 0.1) is 0 Å². The normalized spacial score (nSPS) is 10.8. The molecule has 2 nitrogen and oxygen atoms in total. The smallest absolute Gasteiger partial charge is 0.152 e. The van der Waals surface area contributed by atoms with Crippen LogP contribution in [0.4, 0.5) is 0 Å². The third kappa shape index (κ3) is 6.82. The maximum Gasteiger partial charge on any atom is 0.152 e. The summed E-state index contributed by atoms with van der Waals surface area (Å²) in [6.07, 6.45) is 6.40. The van der Waals surface area contributed by atoms with E-state index in [9.17, 15) is 9.59 Å². The second kappa shape index (κ2) is 4.97. The fourth-order valence-corrected chi connectivity index (χ4v) is 0.301. The van der Waals surface area contributed by atoms with E-state index in [0.29, 0.717) is 6.29 Å². The van der Waals surface area contributed by atoms with E-state index in [1.165, 1.54) is 31.2 Å². The van der Waals surface area contributed by atoms with Gasteiger partial charge in [0.15, 0.2) is 5.78 Å². The van der Waals surface area contributed by atoms with Gasteiger partial charge in [0.1, 0.15) is 6.29 Å². The van der Waals surface area contributed by atoms with Gasteiger partial charge in [0, 0.05) is 0 Å². The molecule has 2 heteroatoms. The van der Waals surface area contributed by atoms with Crippen molar-refractivity contribution in [1.29, 1.82) is 0 Å². The summed E-state index contributed by atoms with van der Waals surface area (Å²) in [5.74, 6) is -0.0226. The van der Waals surface area contributed by atoms with Gasteiger partial charge in [-0.15, -0.1) is 0 Å². The fourth-order valence-electron chi connectivity index (χ4n) is 0.301. The van der Waals surface area contributed by atoms with Gasteiger partial charge in [-0.1, -0.05) is 12.2 Å². The molecule has 0 spiro atoms. The van der Waals surface area contributed by atoms with Crippen LogP contribution in [0.5, 0.6) is 0 Å². The second-order valence-electron chi connectivity index (χ2n) is 1.49. The Kier molecular flexibility index (Phi) is 4.32. The van der Waals surface area contributed by atoms with Crippen molar-refractivity contribution in [1.82, 2.24) is 0 Å². The lowest BCUT2D eigenvalue weighted by atomic mass is 10.4. The SMILES string of the molecule is CC(=O)/C=C\C=C\C=O. The molecule has 0 N–H and O–H groups in total. The number of rotatable bonds is 3. The summed E-state index contributed by atoms with van der Waals surface area (Å²) in [5, 5.41) is 0. The highest BCUT2D eigenvalue weighted by Gasteiger charge is 1.75. The van der Waals surface area contributed by atoms with E-state index in [1.807, 2.05) is 0 Å². The maximum absolute atomic E-state index is 10.2. The molecule has 0 aliphatic rings. The molecule has 0 aromatic heterocycles. The van der Waals surface area contributed by atoms with Crippen LogP contribution in [0.3, 0.4) is 0 Å². The Labute approximate surface area is 53.9 Å². The lowest BCUT2D eigenvalue weighted by Crippen LogP contribution is -1.77. The summed E-state index contributed by atoms with van der Waals surface area (Å²) in [4.78, 5) is 19.8. The molecule has 0 rings (SSSR count). The van der Waals surface area contributed by atoms with Crippen LogP contribution in [0.15, 0.2) is 24.3 Å². The Hall–Kier alpha value is -1.18. The minimum absolute atomic E-state index is 0.0226. The van der Waals surface area contributed by atoms with E-state index >= 15 is 0 Å². The molecule has 0 aromatic carbocycles. The molecular formula is C7H8O2. The van der Waals surface area contributed by atoms with E-state index in [-0.39, 0.29) is 5.78 Å². The number of carbonyl (C=O) groups is 2. The first-order valence-corrected chi connectivity index (χ1v) is 2.56. The van der Waals surface area contributed by atoms with Crippen molar-refractivity contribution in [2.24, 2.45) is 0 Å². The standard InChI is InChI=1S/C7H8O2/c1-7(9)5-3-2-4-6-8/h2-6H,1H3/b4-2+,5-3-. The minimum atomic E-state index is -0.0226. The first-order valence-electron chi connectivity index (χ1n) is 2.56. The molecule has 0 fully saturated rings. The van der Waals surface area contributed by atoms with Gasteiger partial charge in [-0.25, -0.2) is 0 Å². The van der Waals surface area contributed by atoms with Gasteiger partial charge in [-0.2, -0.15) is 0 Å². The zero-order valence-electron chi connectivity index (χ0n) is 5.20. The van der Waals surface area contributed by atoms with Gasteiger partial charge in [-0.05, 0) is 19.1 Å². The Morgan fingerprint density at radius 1 is 1.22 bits per heavy atom. The van der Waals surface area contributed by atoms with Crippen LogP contribution < -0.4 is 0 Å². The fraction of sp³-hybridized carbons (Fsp3) is 0.143. The van der Waals surface area contributed by atoms with Gasteiger partial charge in [-0.3, -0.25) is 9.59 Å². The number of hydrogen-bond acceptors (Lipinski definition) is 2. The van der Waals surface area contributed by atoms with E-state index < -0.39 is 0 Å². The first kappa shape index (κ1) is 7.82. The zero-order valence-corrected chi connectivity index (χ0v) is 5.20. The van der Waals surface area contributed by atoms with Crippen LogP contribution in [0.1, 0.15) is 6.92 Å². The highest BCUT2D eigenvalue weighted by Crippen LogP contribution is 1.75. The zero-order chi connectivity index (χ0) is 7.11. The van der Waals surface area contributed by atoms with Gasteiger partial charge >= 0.3 is 0 Å². The predicted molar refractivity (Wildman–Crippen MR) is 35.0 cm³/mol.